The highest BCUT2D eigenvalue weighted by Crippen LogP contribution is 2.27. The van der Waals surface area contributed by atoms with Gasteiger partial charge in [0.25, 0.3) is 10.0 Å². The third kappa shape index (κ3) is 4.86. The fourth-order valence-corrected chi connectivity index (χ4v) is 4.40. The first-order valence-electron chi connectivity index (χ1n) is 8.01. The highest BCUT2D eigenvalue weighted by molar-refractivity contribution is 7.98. The fourth-order valence-electron chi connectivity index (χ4n) is 2.26. The van der Waals surface area contributed by atoms with Crippen molar-refractivity contribution in [2.75, 3.05) is 11.8 Å². The normalized spacial score (nSPS) is 11.2. The molecule has 0 saturated carbocycles. The molecule has 28 heavy (non-hydrogen) atoms. The third-order valence-electron chi connectivity index (χ3n) is 3.70. The molecule has 146 valence electrons. The molecule has 0 bridgehead atoms. The molecule has 7 nitrogen and oxygen atoms in total. The summed E-state index contributed by atoms with van der Waals surface area (Å²) in [6, 6.07) is 12.1. The second-order valence-electron chi connectivity index (χ2n) is 5.61. The van der Waals surface area contributed by atoms with Crippen molar-refractivity contribution in [3.8, 4) is 0 Å². The number of aromatic amines is 1. The Morgan fingerprint density at radius 3 is 2.75 bits per heavy atom. The number of benzene rings is 1. The Morgan fingerprint density at radius 2 is 2.07 bits per heavy atom. The zero-order valence-electron chi connectivity index (χ0n) is 14.7. The maximum absolute atomic E-state index is 12.4. The summed E-state index contributed by atoms with van der Waals surface area (Å²) in [7, 11) is -2.67. The van der Waals surface area contributed by atoms with Crippen molar-refractivity contribution in [1.29, 1.82) is 0 Å². The second kappa shape index (κ2) is 8.68. The number of H-pyrrole nitrogens is 1. The van der Waals surface area contributed by atoms with Gasteiger partial charge in [-0.3, -0.25) is 4.72 Å². The van der Waals surface area contributed by atoms with Crippen LogP contribution in [0.4, 0.5) is 5.82 Å². The molecule has 0 aliphatic carbocycles. The van der Waals surface area contributed by atoms with E-state index in [1.807, 2.05) is 24.3 Å². The van der Waals surface area contributed by atoms with Gasteiger partial charge >= 0.3 is 5.97 Å². The quantitative estimate of drug-likeness (QED) is 0.428. The highest BCUT2D eigenvalue weighted by Gasteiger charge is 2.19. The van der Waals surface area contributed by atoms with E-state index in [4.69, 9.17) is 11.6 Å². The lowest BCUT2D eigenvalue weighted by molar-refractivity contribution is 0.0594. The number of ether oxygens (including phenoxy) is 1. The molecule has 2 aromatic heterocycles. The number of anilines is 1. The van der Waals surface area contributed by atoms with E-state index in [0.717, 1.165) is 10.5 Å². The number of halogens is 1. The number of aromatic nitrogens is 2. The number of esters is 1. The summed E-state index contributed by atoms with van der Waals surface area (Å²) in [5.41, 5.74) is 1.05. The molecule has 0 unspecified atom stereocenters. The SMILES string of the molecule is COC(=O)c1cc(S(=O)(=O)Nc2ccc(SCc3ccccc3Cl)cn2)c[nH]1. The summed E-state index contributed by atoms with van der Waals surface area (Å²) in [5.74, 6) is 0.189. The molecule has 0 saturated heterocycles. The van der Waals surface area contributed by atoms with Crippen LogP contribution in [0.5, 0.6) is 0 Å². The zero-order chi connectivity index (χ0) is 20.1. The molecule has 0 amide bonds. The van der Waals surface area contributed by atoms with Crippen molar-refractivity contribution < 1.29 is 17.9 Å². The van der Waals surface area contributed by atoms with E-state index < -0.39 is 16.0 Å². The molecule has 3 aromatic rings. The Morgan fingerprint density at radius 1 is 1.29 bits per heavy atom. The lowest BCUT2D eigenvalue weighted by Crippen LogP contribution is -2.13. The molecule has 0 spiro atoms. The third-order valence-corrected chi connectivity index (χ3v) is 6.43. The summed E-state index contributed by atoms with van der Waals surface area (Å²) in [5, 5.41) is 0.699. The molecular formula is C18H16ClN3O4S2. The largest absolute Gasteiger partial charge is 0.464 e. The number of hydrogen-bond donors (Lipinski definition) is 2. The number of carbonyl (C=O) groups excluding carboxylic acids is 1. The first-order valence-corrected chi connectivity index (χ1v) is 10.9. The van der Waals surface area contributed by atoms with Crippen molar-refractivity contribution in [3.63, 3.8) is 0 Å². The Balaban J connectivity index is 1.65. The maximum atomic E-state index is 12.4. The summed E-state index contributed by atoms with van der Waals surface area (Å²) >= 11 is 7.68. The number of sulfonamides is 1. The predicted octanol–water partition coefficient (Wildman–Crippen LogP) is 3.94. The van der Waals surface area contributed by atoms with E-state index >= 15 is 0 Å². The van der Waals surface area contributed by atoms with E-state index in [1.165, 1.54) is 31.1 Å². The van der Waals surface area contributed by atoms with E-state index in [2.05, 4.69) is 19.4 Å². The number of nitrogens with one attached hydrogen (secondary N) is 2. The maximum Gasteiger partial charge on any atom is 0.354 e. The molecule has 0 radical (unpaired) electrons. The standard InChI is InChI=1S/C18H16ClN3O4S2/c1-26-18(23)16-8-14(10-20-16)28(24,25)22-17-7-6-13(9-21-17)27-11-12-4-2-3-5-15(12)19/h2-10,20H,11H2,1H3,(H,21,22). The lowest BCUT2D eigenvalue weighted by atomic mass is 10.2. The van der Waals surface area contributed by atoms with Crippen LogP contribution < -0.4 is 4.72 Å². The number of rotatable bonds is 7. The monoisotopic (exact) mass is 437 g/mol. The molecule has 10 heteroatoms. The van der Waals surface area contributed by atoms with Gasteiger partial charge in [0.2, 0.25) is 0 Å². The van der Waals surface area contributed by atoms with Gasteiger partial charge in [0.15, 0.2) is 0 Å². The number of hydrogen-bond acceptors (Lipinski definition) is 6. The van der Waals surface area contributed by atoms with Crippen LogP contribution in [0.15, 0.2) is 64.6 Å². The van der Waals surface area contributed by atoms with E-state index in [9.17, 15) is 13.2 Å². The van der Waals surface area contributed by atoms with Gasteiger partial charge < -0.3 is 9.72 Å². The fraction of sp³-hybridized carbons (Fsp3) is 0.111. The van der Waals surface area contributed by atoms with Gasteiger partial charge in [0.1, 0.15) is 16.4 Å². The van der Waals surface area contributed by atoms with E-state index in [0.29, 0.717) is 10.8 Å². The summed E-state index contributed by atoms with van der Waals surface area (Å²) < 4.78 is 31.8. The molecule has 0 atom stereocenters. The van der Waals surface area contributed by atoms with Crippen LogP contribution in [0.3, 0.4) is 0 Å². The van der Waals surface area contributed by atoms with Crippen LogP contribution in [-0.4, -0.2) is 31.5 Å². The van der Waals surface area contributed by atoms with Gasteiger partial charge in [0, 0.05) is 28.1 Å². The van der Waals surface area contributed by atoms with Gasteiger partial charge in [-0.15, -0.1) is 11.8 Å². The van der Waals surface area contributed by atoms with Gasteiger partial charge in [-0.25, -0.2) is 18.2 Å². The number of methoxy groups -OCH3 is 1. The van der Waals surface area contributed by atoms with Crippen LogP contribution in [0, 0.1) is 0 Å². The van der Waals surface area contributed by atoms with Crippen molar-refractivity contribution in [2.45, 2.75) is 15.5 Å². The van der Waals surface area contributed by atoms with Crippen molar-refractivity contribution in [2.24, 2.45) is 0 Å². The van der Waals surface area contributed by atoms with Gasteiger partial charge in [-0.1, -0.05) is 29.8 Å². The van der Waals surface area contributed by atoms with Gasteiger partial charge in [0.05, 0.1) is 7.11 Å². The molecule has 0 aliphatic heterocycles. The van der Waals surface area contributed by atoms with Gasteiger partial charge in [-0.05, 0) is 29.8 Å². The minimum Gasteiger partial charge on any atom is -0.464 e. The van der Waals surface area contributed by atoms with E-state index in [1.54, 1.807) is 18.3 Å². The minimum absolute atomic E-state index is 0.0437. The Hall–Kier alpha value is -2.49. The Labute approximate surface area is 171 Å². The summed E-state index contributed by atoms with van der Waals surface area (Å²) in [6.45, 7) is 0. The summed E-state index contributed by atoms with van der Waals surface area (Å²) in [4.78, 5) is 18.9. The lowest BCUT2D eigenvalue weighted by Gasteiger charge is -2.07. The first kappa shape index (κ1) is 20.2. The first-order chi connectivity index (χ1) is 13.4. The van der Waals surface area contributed by atoms with E-state index in [-0.39, 0.29) is 16.4 Å². The average molecular weight is 438 g/mol. The minimum atomic E-state index is -3.88. The Kier molecular flexibility index (Phi) is 6.28. The molecule has 0 aliphatic rings. The van der Waals surface area contributed by atoms with Crippen LogP contribution in [0.25, 0.3) is 0 Å². The zero-order valence-corrected chi connectivity index (χ0v) is 17.1. The molecule has 3 rings (SSSR count). The van der Waals surface area contributed by atoms with Crippen LogP contribution in [0.2, 0.25) is 5.02 Å². The predicted molar refractivity (Wildman–Crippen MR) is 108 cm³/mol. The molecule has 2 N–H and O–H groups in total. The number of pyridine rings is 1. The molecule has 2 heterocycles. The van der Waals surface area contributed by atoms with Crippen molar-refractivity contribution in [3.05, 3.63) is 71.1 Å². The number of nitrogens with zero attached hydrogens (tertiary/aromatic N) is 1. The molecular weight excluding hydrogens is 422 g/mol. The topological polar surface area (TPSA) is 101 Å². The average Bonchev–Trinajstić information content (AvgIpc) is 3.19. The second-order valence-corrected chi connectivity index (χ2v) is 8.74. The smallest absolute Gasteiger partial charge is 0.354 e. The summed E-state index contributed by atoms with van der Waals surface area (Å²) in [6.07, 6.45) is 2.79. The van der Waals surface area contributed by atoms with Crippen LogP contribution >= 0.6 is 23.4 Å². The number of carbonyl (C=O) groups is 1. The van der Waals surface area contributed by atoms with Crippen LogP contribution in [-0.2, 0) is 20.5 Å². The highest BCUT2D eigenvalue weighted by atomic mass is 35.5. The Bertz CT molecular complexity index is 1080. The van der Waals surface area contributed by atoms with Crippen molar-refractivity contribution in [1.82, 2.24) is 9.97 Å². The molecule has 0 fully saturated rings. The van der Waals surface area contributed by atoms with Crippen molar-refractivity contribution >= 4 is 45.2 Å². The molecule has 1 aromatic carbocycles. The van der Waals surface area contributed by atoms with Crippen LogP contribution in [0.1, 0.15) is 16.1 Å². The number of thioether (sulfide) groups is 1. The van der Waals surface area contributed by atoms with Gasteiger partial charge in [-0.2, -0.15) is 0 Å².